The molecule has 3 rings (SSSR count). The molecule has 1 saturated heterocycles. The Kier molecular flexibility index (Phi) is 5.75. The van der Waals surface area contributed by atoms with E-state index in [0.717, 1.165) is 5.56 Å². The molecule has 7 heteroatoms. The molecule has 1 aromatic carbocycles. The number of aryl methyl sites for hydroxylation is 1. The highest BCUT2D eigenvalue weighted by Crippen LogP contribution is 2.39. The Morgan fingerprint density at radius 2 is 1.89 bits per heavy atom. The fraction of sp³-hybridized carbons (Fsp3) is 0.286. The van der Waals surface area contributed by atoms with Crippen LogP contribution in [0.15, 0.2) is 48.3 Å². The van der Waals surface area contributed by atoms with Crippen LogP contribution in [0.3, 0.4) is 0 Å². The number of hydrogen-bond donors (Lipinski definition) is 1. The molecule has 2 heterocycles. The Morgan fingerprint density at radius 3 is 2.50 bits per heavy atom. The predicted octanol–water partition coefficient (Wildman–Crippen LogP) is 2.47. The molecule has 0 saturated carbocycles. The van der Waals surface area contributed by atoms with Crippen molar-refractivity contribution in [2.45, 2.75) is 13.0 Å². The highest BCUT2D eigenvalue weighted by molar-refractivity contribution is 6.46. The molecule has 0 radical (unpaired) electrons. The van der Waals surface area contributed by atoms with E-state index in [-0.39, 0.29) is 24.5 Å². The molecule has 1 N–H and O–H groups in total. The number of hydrogen-bond acceptors (Lipinski definition) is 6. The third kappa shape index (κ3) is 3.48. The number of Topliss-reactive ketones (excluding diaryl/α,β-unsaturated/α-hetero) is 1. The van der Waals surface area contributed by atoms with Crippen LogP contribution in [-0.4, -0.2) is 54.1 Å². The minimum absolute atomic E-state index is 0.0561. The molecule has 0 spiro atoms. The molecule has 146 valence electrons. The summed E-state index contributed by atoms with van der Waals surface area (Å²) in [5.74, 6) is -0.947. The summed E-state index contributed by atoms with van der Waals surface area (Å²) >= 11 is 0. The second-order valence-corrected chi connectivity index (χ2v) is 6.45. The van der Waals surface area contributed by atoms with Gasteiger partial charge in [-0.1, -0.05) is 0 Å². The standard InChI is InChI=1S/C21H22N2O5/c1-13-12-15(28-3)4-5-16(13)19(24)17-18(14-6-8-22-9-7-14)23(10-11-27-2)21(26)20(17)25/h4-9,12,18,24H,10-11H2,1-3H3/b19-17+/t18-/m0/s1. The number of rotatable bonds is 6. The Balaban J connectivity index is 2.16. The van der Waals surface area contributed by atoms with Crippen LogP contribution in [-0.2, 0) is 14.3 Å². The van der Waals surface area contributed by atoms with E-state index in [0.29, 0.717) is 16.9 Å². The number of benzene rings is 1. The van der Waals surface area contributed by atoms with E-state index in [4.69, 9.17) is 9.47 Å². The lowest BCUT2D eigenvalue weighted by Crippen LogP contribution is -2.32. The van der Waals surface area contributed by atoms with Gasteiger partial charge in [0.15, 0.2) is 0 Å². The summed E-state index contributed by atoms with van der Waals surface area (Å²) < 4.78 is 10.3. The topological polar surface area (TPSA) is 89.0 Å². The second-order valence-electron chi connectivity index (χ2n) is 6.45. The number of carbonyl (C=O) groups excluding carboxylic acids is 2. The van der Waals surface area contributed by atoms with Gasteiger partial charge in [0.2, 0.25) is 0 Å². The molecular weight excluding hydrogens is 360 g/mol. The van der Waals surface area contributed by atoms with Crippen molar-refractivity contribution in [1.29, 1.82) is 0 Å². The van der Waals surface area contributed by atoms with Crippen LogP contribution in [0.2, 0.25) is 0 Å². The molecule has 1 atom stereocenters. The monoisotopic (exact) mass is 382 g/mol. The first-order valence-electron chi connectivity index (χ1n) is 8.81. The number of aliphatic hydroxyl groups is 1. The van der Waals surface area contributed by atoms with Gasteiger partial charge >= 0.3 is 0 Å². The number of ether oxygens (including phenoxy) is 2. The zero-order valence-corrected chi connectivity index (χ0v) is 16.0. The minimum Gasteiger partial charge on any atom is -0.507 e. The average molecular weight is 382 g/mol. The minimum atomic E-state index is -0.717. The summed E-state index contributed by atoms with van der Waals surface area (Å²) in [6.07, 6.45) is 3.18. The van der Waals surface area contributed by atoms with Crippen molar-refractivity contribution in [3.05, 3.63) is 65.0 Å². The Bertz CT molecular complexity index is 924. The maximum absolute atomic E-state index is 12.8. The van der Waals surface area contributed by atoms with Crippen molar-refractivity contribution in [3.63, 3.8) is 0 Å². The van der Waals surface area contributed by atoms with Crippen LogP contribution in [0.25, 0.3) is 5.76 Å². The van der Waals surface area contributed by atoms with Gasteiger partial charge in [0.25, 0.3) is 11.7 Å². The second kappa shape index (κ2) is 8.22. The van der Waals surface area contributed by atoms with Crippen LogP contribution in [0.5, 0.6) is 5.75 Å². The maximum Gasteiger partial charge on any atom is 0.295 e. The van der Waals surface area contributed by atoms with Crippen molar-refractivity contribution in [3.8, 4) is 5.75 Å². The molecule has 1 aromatic heterocycles. The summed E-state index contributed by atoms with van der Waals surface area (Å²) in [7, 11) is 3.08. The molecule has 1 aliphatic heterocycles. The van der Waals surface area contributed by atoms with Crippen molar-refractivity contribution in [2.24, 2.45) is 0 Å². The van der Waals surface area contributed by atoms with Gasteiger partial charge in [0.05, 0.1) is 25.3 Å². The van der Waals surface area contributed by atoms with Crippen LogP contribution in [0, 0.1) is 6.92 Å². The number of carbonyl (C=O) groups is 2. The number of amides is 1. The van der Waals surface area contributed by atoms with E-state index < -0.39 is 17.7 Å². The number of pyridine rings is 1. The number of ketones is 1. The Morgan fingerprint density at radius 1 is 1.18 bits per heavy atom. The van der Waals surface area contributed by atoms with Gasteiger partial charge < -0.3 is 19.5 Å². The smallest absolute Gasteiger partial charge is 0.295 e. The van der Waals surface area contributed by atoms with Crippen molar-refractivity contribution < 1.29 is 24.2 Å². The fourth-order valence-corrected chi connectivity index (χ4v) is 3.37. The third-order valence-electron chi connectivity index (χ3n) is 4.79. The van der Waals surface area contributed by atoms with Gasteiger partial charge in [0, 0.05) is 31.6 Å². The van der Waals surface area contributed by atoms with Crippen LogP contribution >= 0.6 is 0 Å². The van der Waals surface area contributed by atoms with Crippen molar-refractivity contribution in [1.82, 2.24) is 9.88 Å². The van der Waals surface area contributed by atoms with Gasteiger partial charge in [0.1, 0.15) is 11.5 Å². The zero-order chi connectivity index (χ0) is 20.3. The molecule has 1 amide bonds. The molecular formula is C21H22N2O5. The third-order valence-corrected chi connectivity index (χ3v) is 4.79. The molecule has 0 aliphatic carbocycles. The fourth-order valence-electron chi connectivity index (χ4n) is 3.37. The Hall–Kier alpha value is -3.19. The number of aliphatic hydroxyl groups excluding tert-OH is 1. The summed E-state index contributed by atoms with van der Waals surface area (Å²) in [5, 5.41) is 11.0. The highest BCUT2D eigenvalue weighted by atomic mass is 16.5. The van der Waals surface area contributed by atoms with Gasteiger partial charge in [-0.3, -0.25) is 14.6 Å². The SMILES string of the molecule is COCCN1C(=O)C(=O)/C(=C(/O)c2ccc(OC)cc2C)[C@@H]1c1ccncc1. The summed E-state index contributed by atoms with van der Waals surface area (Å²) in [5.41, 5.74) is 1.96. The predicted molar refractivity (Wildman–Crippen MR) is 103 cm³/mol. The van der Waals surface area contributed by atoms with E-state index in [1.54, 1.807) is 56.8 Å². The molecule has 0 bridgehead atoms. The molecule has 28 heavy (non-hydrogen) atoms. The average Bonchev–Trinajstić information content (AvgIpc) is 2.97. The van der Waals surface area contributed by atoms with Crippen LogP contribution in [0.1, 0.15) is 22.7 Å². The lowest BCUT2D eigenvalue weighted by molar-refractivity contribution is -0.140. The largest absolute Gasteiger partial charge is 0.507 e. The number of likely N-dealkylation sites (tertiary alicyclic amines) is 1. The van der Waals surface area contributed by atoms with Gasteiger partial charge in [-0.25, -0.2) is 0 Å². The first-order valence-corrected chi connectivity index (χ1v) is 8.81. The van der Waals surface area contributed by atoms with Crippen molar-refractivity contribution in [2.75, 3.05) is 27.4 Å². The van der Waals surface area contributed by atoms with Gasteiger partial charge in [-0.2, -0.15) is 0 Å². The quantitative estimate of drug-likeness (QED) is 0.469. The number of aromatic nitrogens is 1. The maximum atomic E-state index is 12.8. The van der Waals surface area contributed by atoms with E-state index in [9.17, 15) is 14.7 Å². The molecule has 2 aromatic rings. The van der Waals surface area contributed by atoms with Crippen molar-refractivity contribution >= 4 is 17.4 Å². The molecule has 7 nitrogen and oxygen atoms in total. The lowest BCUT2D eigenvalue weighted by Gasteiger charge is -2.25. The lowest BCUT2D eigenvalue weighted by atomic mass is 9.94. The van der Waals surface area contributed by atoms with E-state index in [1.807, 2.05) is 0 Å². The van der Waals surface area contributed by atoms with E-state index >= 15 is 0 Å². The first-order chi connectivity index (χ1) is 13.5. The summed E-state index contributed by atoms with van der Waals surface area (Å²) in [6, 6.07) is 7.88. The van der Waals surface area contributed by atoms with E-state index in [2.05, 4.69) is 4.98 Å². The zero-order valence-electron chi connectivity index (χ0n) is 16.0. The van der Waals surface area contributed by atoms with Gasteiger partial charge in [-0.15, -0.1) is 0 Å². The first kappa shape index (κ1) is 19.6. The van der Waals surface area contributed by atoms with Crippen LogP contribution < -0.4 is 4.74 Å². The molecule has 0 unspecified atom stereocenters. The normalized spacial score (nSPS) is 18.5. The summed E-state index contributed by atoms with van der Waals surface area (Å²) in [4.78, 5) is 30.9. The highest BCUT2D eigenvalue weighted by Gasteiger charge is 2.45. The van der Waals surface area contributed by atoms with Gasteiger partial charge in [-0.05, 0) is 48.4 Å². The number of methoxy groups -OCH3 is 2. The molecule has 1 aliphatic rings. The van der Waals surface area contributed by atoms with E-state index in [1.165, 1.54) is 12.0 Å². The summed E-state index contributed by atoms with van der Waals surface area (Å²) in [6.45, 7) is 2.31. The van der Waals surface area contributed by atoms with Crippen LogP contribution in [0.4, 0.5) is 0 Å². The molecule has 1 fully saturated rings. The Labute approximate surface area is 163 Å². The number of nitrogens with zero attached hydrogens (tertiary/aromatic N) is 2.